The lowest BCUT2D eigenvalue weighted by molar-refractivity contribution is -0.137. The van der Waals surface area contributed by atoms with Crippen molar-refractivity contribution in [2.24, 2.45) is 5.14 Å². The molecule has 0 aliphatic rings. The standard InChI is InChI=1S/C23H17F3N2O3S/c1-14-13-20(31-28-14)22-19(23(24,25)26)12-11-18(21(22)16-5-3-2-4-6-16)15-7-9-17(10-8-15)32(27,29)30/h2-13H,1H3,(H2,27,29,30). The Labute approximate surface area is 182 Å². The first-order valence-electron chi connectivity index (χ1n) is 9.42. The number of sulfonamides is 1. The summed E-state index contributed by atoms with van der Waals surface area (Å²) < 4.78 is 70.5. The molecule has 5 nitrogen and oxygen atoms in total. The molecule has 1 aromatic heterocycles. The second-order valence-corrected chi connectivity index (χ2v) is 8.74. The molecule has 0 aliphatic carbocycles. The minimum atomic E-state index is -4.64. The van der Waals surface area contributed by atoms with Crippen LogP contribution in [-0.4, -0.2) is 13.6 Å². The number of aromatic nitrogens is 1. The van der Waals surface area contributed by atoms with Crippen LogP contribution in [0.4, 0.5) is 13.2 Å². The Kier molecular flexibility index (Phi) is 5.39. The summed E-state index contributed by atoms with van der Waals surface area (Å²) in [5.74, 6) is -0.0170. The lowest BCUT2D eigenvalue weighted by atomic mass is 9.86. The second-order valence-electron chi connectivity index (χ2n) is 7.18. The molecule has 0 spiro atoms. The van der Waals surface area contributed by atoms with Gasteiger partial charge in [-0.3, -0.25) is 0 Å². The van der Waals surface area contributed by atoms with Gasteiger partial charge in [-0.05, 0) is 41.8 Å². The Bertz CT molecular complexity index is 1380. The molecular formula is C23H17F3N2O3S. The van der Waals surface area contributed by atoms with Gasteiger partial charge in [0.05, 0.1) is 16.2 Å². The van der Waals surface area contributed by atoms with Crippen LogP contribution in [0.1, 0.15) is 11.3 Å². The minimum absolute atomic E-state index is 0.0170. The van der Waals surface area contributed by atoms with Crippen LogP contribution >= 0.6 is 0 Å². The monoisotopic (exact) mass is 458 g/mol. The molecule has 32 heavy (non-hydrogen) atoms. The molecule has 0 saturated heterocycles. The van der Waals surface area contributed by atoms with Crippen molar-refractivity contribution in [1.29, 1.82) is 0 Å². The molecule has 2 N–H and O–H groups in total. The fraction of sp³-hybridized carbons (Fsp3) is 0.0870. The van der Waals surface area contributed by atoms with Crippen LogP contribution in [0.3, 0.4) is 0 Å². The molecule has 4 aromatic rings. The average Bonchev–Trinajstić information content (AvgIpc) is 3.18. The molecule has 0 unspecified atom stereocenters. The maximum absolute atomic E-state index is 14.0. The maximum atomic E-state index is 14.0. The van der Waals surface area contributed by atoms with Crippen LogP contribution in [-0.2, 0) is 16.2 Å². The summed E-state index contributed by atoms with van der Waals surface area (Å²) in [4.78, 5) is -0.0968. The lowest BCUT2D eigenvalue weighted by Gasteiger charge is -2.19. The van der Waals surface area contributed by atoms with Gasteiger partial charge in [-0.15, -0.1) is 0 Å². The molecule has 1 heterocycles. The Morgan fingerprint density at radius 1 is 0.875 bits per heavy atom. The van der Waals surface area contributed by atoms with E-state index in [2.05, 4.69) is 5.16 Å². The summed E-state index contributed by atoms with van der Waals surface area (Å²) in [5.41, 5.74) is 1.24. The number of nitrogens with zero attached hydrogens (tertiary/aromatic N) is 1. The Balaban J connectivity index is 2.08. The van der Waals surface area contributed by atoms with Crippen molar-refractivity contribution in [3.8, 4) is 33.6 Å². The molecule has 0 saturated carbocycles. The van der Waals surface area contributed by atoms with Crippen LogP contribution in [0.2, 0.25) is 0 Å². The van der Waals surface area contributed by atoms with E-state index in [1.807, 2.05) is 0 Å². The molecule has 0 radical (unpaired) electrons. The highest BCUT2D eigenvalue weighted by molar-refractivity contribution is 7.89. The van der Waals surface area contributed by atoms with Crippen molar-refractivity contribution < 1.29 is 26.1 Å². The van der Waals surface area contributed by atoms with Crippen LogP contribution in [0.15, 0.2) is 82.2 Å². The Morgan fingerprint density at radius 2 is 1.53 bits per heavy atom. The first-order chi connectivity index (χ1) is 15.1. The van der Waals surface area contributed by atoms with Gasteiger partial charge in [-0.2, -0.15) is 13.2 Å². The van der Waals surface area contributed by atoms with E-state index in [0.29, 0.717) is 27.9 Å². The predicted molar refractivity (Wildman–Crippen MR) is 114 cm³/mol. The van der Waals surface area contributed by atoms with Crippen LogP contribution < -0.4 is 5.14 Å². The number of benzene rings is 3. The van der Waals surface area contributed by atoms with Gasteiger partial charge in [0.25, 0.3) is 0 Å². The summed E-state index contributed by atoms with van der Waals surface area (Å²) in [6.45, 7) is 1.62. The van der Waals surface area contributed by atoms with Crippen molar-refractivity contribution in [3.63, 3.8) is 0 Å². The van der Waals surface area contributed by atoms with Crippen LogP contribution in [0, 0.1) is 6.92 Å². The Morgan fingerprint density at radius 3 is 2.06 bits per heavy atom. The van der Waals surface area contributed by atoms with Gasteiger partial charge < -0.3 is 4.52 Å². The molecule has 0 amide bonds. The molecule has 4 rings (SSSR count). The van der Waals surface area contributed by atoms with E-state index < -0.39 is 21.8 Å². The number of aryl methyl sites for hydroxylation is 1. The quantitative estimate of drug-likeness (QED) is 0.428. The number of rotatable bonds is 4. The van der Waals surface area contributed by atoms with E-state index in [4.69, 9.17) is 9.66 Å². The number of alkyl halides is 3. The topological polar surface area (TPSA) is 86.2 Å². The van der Waals surface area contributed by atoms with Gasteiger partial charge in [0.2, 0.25) is 10.0 Å². The highest BCUT2D eigenvalue weighted by atomic mass is 32.2. The molecule has 0 bridgehead atoms. The third-order valence-electron chi connectivity index (χ3n) is 4.94. The molecule has 0 fully saturated rings. The minimum Gasteiger partial charge on any atom is -0.356 e. The van der Waals surface area contributed by atoms with Crippen molar-refractivity contribution >= 4 is 10.0 Å². The number of hydrogen-bond acceptors (Lipinski definition) is 4. The number of halogens is 3. The SMILES string of the molecule is Cc1cc(-c2c(C(F)(F)F)ccc(-c3ccc(S(N)(=O)=O)cc3)c2-c2ccccc2)on1. The van der Waals surface area contributed by atoms with Crippen molar-refractivity contribution in [2.75, 3.05) is 0 Å². The van der Waals surface area contributed by atoms with Crippen LogP contribution in [0.25, 0.3) is 33.6 Å². The molecule has 0 atom stereocenters. The van der Waals surface area contributed by atoms with E-state index in [0.717, 1.165) is 6.07 Å². The van der Waals surface area contributed by atoms with Crippen molar-refractivity contribution in [1.82, 2.24) is 5.16 Å². The van der Waals surface area contributed by atoms with Crippen molar-refractivity contribution in [3.05, 3.63) is 84.1 Å². The largest absolute Gasteiger partial charge is 0.417 e. The third-order valence-corrected chi connectivity index (χ3v) is 5.87. The highest BCUT2D eigenvalue weighted by Crippen LogP contribution is 2.47. The molecule has 3 aromatic carbocycles. The summed E-state index contributed by atoms with van der Waals surface area (Å²) in [6, 6.07) is 18.0. The van der Waals surface area contributed by atoms with E-state index in [1.165, 1.54) is 36.4 Å². The summed E-state index contributed by atoms with van der Waals surface area (Å²) in [6.07, 6.45) is -4.64. The first kappa shape index (κ1) is 21.8. The smallest absolute Gasteiger partial charge is 0.356 e. The Hall–Kier alpha value is -3.43. The molecule has 164 valence electrons. The molecular weight excluding hydrogens is 441 g/mol. The van der Waals surface area contributed by atoms with Crippen molar-refractivity contribution in [2.45, 2.75) is 18.0 Å². The first-order valence-corrected chi connectivity index (χ1v) is 11.0. The zero-order valence-corrected chi connectivity index (χ0v) is 17.5. The zero-order valence-electron chi connectivity index (χ0n) is 16.7. The fourth-order valence-electron chi connectivity index (χ4n) is 3.55. The zero-order chi connectivity index (χ0) is 23.1. The maximum Gasteiger partial charge on any atom is 0.417 e. The molecule has 9 heteroatoms. The van der Waals surface area contributed by atoms with Crippen LogP contribution in [0.5, 0.6) is 0 Å². The van der Waals surface area contributed by atoms with Gasteiger partial charge >= 0.3 is 6.18 Å². The van der Waals surface area contributed by atoms with Gasteiger partial charge in [-0.1, -0.05) is 53.7 Å². The highest BCUT2D eigenvalue weighted by Gasteiger charge is 2.37. The average molecular weight is 458 g/mol. The van der Waals surface area contributed by atoms with Gasteiger partial charge in [0.1, 0.15) is 0 Å². The normalized spacial score (nSPS) is 12.2. The predicted octanol–water partition coefficient (Wildman–Crippen LogP) is 5.65. The van der Waals surface area contributed by atoms with Gasteiger partial charge in [-0.25, -0.2) is 13.6 Å². The van der Waals surface area contributed by atoms with E-state index in [-0.39, 0.29) is 16.2 Å². The van der Waals surface area contributed by atoms with Gasteiger partial charge in [0.15, 0.2) is 5.76 Å². The fourth-order valence-corrected chi connectivity index (χ4v) is 4.06. The second kappa shape index (κ2) is 7.92. The number of hydrogen-bond donors (Lipinski definition) is 1. The van der Waals surface area contributed by atoms with E-state index in [1.54, 1.807) is 37.3 Å². The van der Waals surface area contributed by atoms with E-state index in [9.17, 15) is 21.6 Å². The summed E-state index contributed by atoms with van der Waals surface area (Å²) >= 11 is 0. The number of primary sulfonamides is 1. The van der Waals surface area contributed by atoms with E-state index >= 15 is 0 Å². The molecule has 0 aliphatic heterocycles. The number of nitrogens with two attached hydrogens (primary N) is 1. The summed E-state index contributed by atoms with van der Waals surface area (Å²) in [7, 11) is -3.91. The van der Waals surface area contributed by atoms with Gasteiger partial charge in [0, 0.05) is 17.2 Å². The lowest BCUT2D eigenvalue weighted by Crippen LogP contribution is -2.11. The summed E-state index contributed by atoms with van der Waals surface area (Å²) in [5, 5.41) is 8.93. The third kappa shape index (κ3) is 4.17.